The van der Waals surface area contributed by atoms with E-state index in [9.17, 15) is 0 Å². The van der Waals surface area contributed by atoms with E-state index in [1.807, 2.05) is 30.5 Å². The highest BCUT2D eigenvalue weighted by atomic mass is 16.3. The normalized spacial score (nSPS) is 19.2. The fraction of sp³-hybridized carbons (Fsp3) is 0.444. The van der Waals surface area contributed by atoms with Crippen LogP contribution in [0.4, 0.5) is 0 Å². The summed E-state index contributed by atoms with van der Waals surface area (Å²) in [5.74, 6) is 1.68. The molecule has 1 saturated heterocycles. The maximum atomic E-state index is 5.60. The Morgan fingerprint density at radius 2 is 2.22 bits per heavy atom. The van der Waals surface area contributed by atoms with Gasteiger partial charge in [-0.05, 0) is 57.5 Å². The predicted octanol–water partition coefficient (Wildman–Crippen LogP) is 3.56. The van der Waals surface area contributed by atoms with Gasteiger partial charge in [0.05, 0.1) is 6.26 Å². The van der Waals surface area contributed by atoms with Gasteiger partial charge in [0.25, 0.3) is 0 Å². The number of likely N-dealkylation sites (tertiary alicyclic amines) is 1. The molecular formula is C18H22N4O. The minimum atomic E-state index is 0.531. The number of imidazole rings is 1. The van der Waals surface area contributed by atoms with E-state index in [-0.39, 0.29) is 0 Å². The highest BCUT2D eigenvalue weighted by Gasteiger charge is 2.28. The number of hydrogen-bond donors (Lipinski definition) is 0. The van der Waals surface area contributed by atoms with Gasteiger partial charge in [0, 0.05) is 24.8 Å². The molecule has 5 nitrogen and oxygen atoms in total. The van der Waals surface area contributed by atoms with Gasteiger partial charge in [0.2, 0.25) is 0 Å². The average Bonchev–Trinajstić information content (AvgIpc) is 3.27. The summed E-state index contributed by atoms with van der Waals surface area (Å²) in [4.78, 5) is 11.9. The van der Waals surface area contributed by atoms with E-state index < -0.39 is 0 Å². The first-order valence-corrected chi connectivity index (χ1v) is 8.35. The second-order valence-corrected chi connectivity index (χ2v) is 6.50. The standard InChI is InChI=1S/C18H22N4O/c1-13(2)21-10-4-6-14(21)12-22-17-15(7-3-9-19-17)20-18(22)16-8-5-11-23-16/h3,5,7-9,11,13-14H,4,6,10,12H2,1-2H3. The van der Waals surface area contributed by atoms with Crippen LogP contribution in [-0.4, -0.2) is 38.1 Å². The topological polar surface area (TPSA) is 47.1 Å². The molecule has 4 heterocycles. The average molecular weight is 310 g/mol. The van der Waals surface area contributed by atoms with Crippen molar-refractivity contribution in [3.8, 4) is 11.6 Å². The van der Waals surface area contributed by atoms with Crippen molar-refractivity contribution in [2.24, 2.45) is 0 Å². The molecule has 0 bridgehead atoms. The second kappa shape index (κ2) is 5.81. The Labute approximate surface area is 135 Å². The zero-order chi connectivity index (χ0) is 15.8. The Bertz CT molecular complexity index is 791. The van der Waals surface area contributed by atoms with Crippen LogP contribution in [-0.2, 0) is 6.54 Å². The molecule has 0 amide bonds. The summed E-state index contributed by atoms with van der Waals surface area (Å²) in [6.45, 7) is 6.63. The van der Waals surface area contributed by atoms with Crippen LogP contribution in [0.2, 0.25) is 0 Å². The van der Waals surface area contributed by atoms with Crippen molar-refractivity contribution in [1.29, 1.82) is 0 Å². The van der Waals surface area contributed by atoms with Gasteiger partial charge in [-0.1, -0.05) is 0 Å². The lowest BCUT2D eigenvalue weighted by Crippen LogP contribution is -2.38. The van der Waals surface area contributed by atoms with Gasteiger partial charge in [-0.15, -0.1) is 0 Å². The molecular weight excluding hydrogens is 288 g/mol. The van der Waals surface area contributed by atoms with Crippen LogP contribution in [0, 0.1) is 0 Å². The van der Waals surface area contributed by atoms with E-state index in [4.69, 9.17) is 9.40 Å². The van der Waals surface area contributed by atoms with E-state index in [2.05, 4.69) is 28.3 Å². The van der Waals surface area contributed by atoms with Crippen molar-refractivity contribution in [2.45, 2.75) is 45.3 Å². The van der Waals surface area contributed by atoms with Crippen LogP contribution in [0.5, 0.6) is 0 Å². The fourth-order valence-corrected chi connectivity index (χ4v) is 3.67. The number of nitrogens with zero attached hydrogens (tertiary/aromatic N) is 4. The first-order chi connectivity index (χ1) is 11.2. The smallest absolute Gasteiger partial charge is 0.178 e. The van der Waals surface area contributed by atoms with Crippen LogP contribution in [0.25, 0.3) is 22.7 Å². The minimum Gasteiger partial charge on any atom is -0.461 e. The Morgan fingerprint density at radius 3 is 3.00 bits per heavy atom. The van der Waals surface area contributed by atoms with Crippen LogP contribution >= 0.6 is 0 Å². The molecule has 1 aliphatic heterocycles. The molecule has 0 aromatic carbocycles. The Kier molecular flexibility index (Phi) is 3.65. The van der Waals surface area contributed by atoms with Gasteiger partial charge in [-0.25, -0.2) is 9.97 Å². The molecule has 1 aliphatic rings. The summed E-state index contributed by atoms with van der Waals surface area (Å²) in [6.07, 6.45) is 6.02. The lowest BCUT2D eigenvalue weighted by Gasteiger charge is -2.28. The molecule has 0 saturated carbocycles. The summed E-state index contributed by atoms with van der Waals surface area (Å²) < 4.78 is 7.83. The molecule has 5 heteroatoms. The molecule has 0 spiro atoms. The molecule has 1 atom stereocenters. The van der Waals surface area contributed by atoms with Crippen molar-refractivity contribution in [3.63, 3.8) is 0 Å². The van der Waals surface area contributed by atoms with E-state index in [0.717, 1.165) is 29.3 Å². The van der Waals surface area contributed by atoms with E-state index in [1.54, 1.807) is 6.26 Å². The number of hydrogen-bond acceptors (Lipinski definition) is 4. The van der Waals surface area contributed by atoms with Crippen LogP contribution in [0.15, 0.2) is 41.1 Å². The molecule has 0 radical (unpaired) electrons. The molecule has 1 fully saturated rings. The number of furan rings is 1. The molecule has 4 rings (SSSR count). The third kappa shape index (κ3) is 2.55. The zero-order valence-electron chi connectivity index (χ0n) is 13.6. The maximum Gasteiger partial charge on any atom is 0.178 e. The monoisotopic (exact) mass is 310 g/mol. The summed E-state index contributed by atoms with van der Waals surface area (Å²) in [5.41, 5.74) is 1.86. The Morgan fingerprint density at radius 1 is 1.30 bits per heavy atom. The third-order valence-corrected chi connectivity index (χ3v) is 4.72. The van der Waals surface area contributed by atoms with Crippen LogP contribution in [0.3, 0.4) is 0 Å². The lowest BCUT2D eigenvalue weighted by atomic mass is 10.2. The Balaban J connectivity index is 1.77. The lowest BCUT2D eigenvalue weighted by molar-refractivity contribution is 0.188. The maximum absolute atomic E-state index is 5.60. The number of fused-ring (bicyclic) bond motifs is 1. The quantitative estimate of drug-likeness (QED) is 0.739. The van der Waals surface area contributed by atoms with Gasteiger partial charge in [-0.3, -0.25) is 4.90 Å². The number of aromatic nitrogens is 3. The predicted molar refractivity (Wildman–Crippen MR) is 90.1 cm³/mol. The highest BCUT2D eigenvalue weighted by Crippen LogP contribution is 2.28. The first-order valence-electron chi connectivity index (χ1n) is 8.35. The van der Waals surface area contributed by atoms with Crippen molar-refractivity contribution in [2.75, 3.05) is 6.54 Å². The van der Waals surface area contributed by atoms with Gasteiger partial charge < -0.3 is 8.98 Å². The molecule has 0 N–H and O–H groups in total. The number of pyridine rings is 1. The van der Waals surface area contributed by atoms with Gasteiger partial charge in [0.1, 0.15) is 5.52 Å². The van der Waals surface area contributed by atoms with Crippen molar-refractivity contribution in [1.82, 2.24) is 19.4 Å². The summed E-state index contributed by atoms with van der Waals surface area (Å²) in [6, 6.07) is 8.91. The molecule has 3 aromatic heterocycles. The van der Waals surface area contributed by atoms with Gasteiger partial charge >= 0.3 is 0 Å². The molecule has 120 valence electrons. The first kappa shape index (κ1) is 14.5. The van der Waals surface area contributed by atoms with Crippen LogP contribution < -0.4 is 0 Å². The van der Waals surface area contributed by atoms with Gasteiger partial charge in [0.15, 0.2) is 17.2 Å². The third-order valence-electron chi connectivity index (χ3n) is 4.72. The molecule has 1 unspecified atom stereocenters. The Hall–Kier alpha value is -2.14. The zero-order valence-corrected chi connectivity index (χ0v) is 13.6. The molecule has 23 heavy (non-hydrogen) atoms. The molecule has 3 aromatic rings. The SMILES string of the molecule is CC(C)N1CCCC1Cn1c(-c2ccco2)nc2cccnc21. The number of rotatable bonds is 4. The van der Waals surface area contributed by atoms with Crippen molar-refractivity contribution in [3.05, 3.63) is 36.7 Å². The minimum absolute atomic E-state index is 0.531. The molecule has 0 aliphatic carbocycles. The largest absolute Gasteiger partial charge is 0.461 e. The summed E-state index contributed by atoms with van der Waals surface area (Å²) >= 11 is 0. The van der Waals surface area contributed by atoms with E-state index >= 15 is 0 Å². The van der Waals surface area contributed by atoms with Crippen molar-refractivity contribution >= 4 is 11.2 Å². The highest BCUT2D eigenvalue weighted by molar-refractivity contribution is 5.75. The summed E-state index contributed by atoms with van der Waals surface area (Å²) in [5, 5.41) is 0. The van der Waals surface area contributed by atoms with Crippen LogP contribution in [0.1, 0.15) is 26.7 Å². The van der Waals surface area contributed by atoms with E-state index in [1.165, 1.54) is 19.4 Å². The van der Waals surface area contributed by atoms with Gasteiger partial charge in [-0.2, -0.15) is 0 Å². The van der Waals surface area contributed by atoms with E-state index in [0.29, 0.717) is 12.1 Å². The van der Waals surface area contributed by atoms with Crippen molar-refractivity contribution < 1.29 is 4.42 Å². The summed E-state index contributed by atoms with van der Waals surface area (Å²) in [7, 11) is 0. The fourth-order valence-electron chi connectivity index (χ4n) is 3.67. The second-order valence-electron chi connectivity index (χ2n) is 6.50.